The molecule has 1 amide bonds. The average Bonchev–Trinajstić information content (AvgIpc) is 2.66. The van der Waals surface area contributed by atoms with Crippen LogP contribution >= 0.6 is 0 Å². The number of aryl methyl sites for hydroxylation is 1. The number of carbonyl (C=O) groups is 1. The highest BCUT2D eigenvalue weighted by Gasteiger charge is 2.31. The Labute approximate surface area is 150 Å². The first-order valence-electron chi connectivity index (χ1n) is 9.66. The van der Waals surface area contributed by atoms with Gasteiger partial charge in [-0.3, -0.25) is 9.69 Å². The van der Waals surface area contributed by atoms with Gasteiger partial charge in [0.25, 0.3) is 5.82 Å². The number of piperazine rings is 1. The maximum absolute atomic E-state index is 12.2. The van der Waals surface area contributed by atoms with Crippen molar-refractivity contribution in [2.24, 2.45) is 0 Å². The van der Waals surface area contributed by atoms with Crippen LogP contribution in [-0.4, -0.2) is 37.0 Å². The molecule has 1 saturated heterocycles. The highest BCUT2D eigenvalue weighted by atomic mass is 16.2. The molecule has 0 spiro atoms. The van der Waals surface area contributed by atoms with Crippen LogP contribution in [-0.2, 0) is 17.6 Å². The summed E-state index contributed by atoms with van der Waals surface area (Å²) in [6.45, 7) is 7.32. The quantitative estimate of drug-likeness (QED) is 0.845. The van der Waals surface area contributed by atoms with Crippen molar-refractivity contribution < 1.29 is 9.78 Å². The lowest BCUT2D eigenvalue weighted by atomic mass is 9.88. The van der Waals surface area contributed by atoms with Gasteiger partial charge in [-0.1, -0.05) is 13.3 Å². The van der Waals surface area contributed by atoms with E-state index in [1.807, 2.05) is 4.90 Å². The van der Waals surface area contributed by atoms with Crippen LogP contribution in [0.4, 0.5) is 5.82 Å². The van der Waals surface area contributed by atoms with Crippen molar-refractivity contribution in [3.8, 4) is 6.07 Å². The normalized spacial score (nSPS) is 17.2. The van der Waals surface area contributed by atoms with Gasteiger partial charge >= 0.3 is 0 Å². The van der Waals surface area contributed by atoms with E-state index in [1.54, 1.807) is 0 Å². The van der Waals surface area contributed by atoms with E-state index in [1.165, 1.54) is 29.7 Å². The minimum Gasteiger partial charge on any atom is -0.335 e. The fourth-order valence-corrected chi connectivity index (χ4v) is 4.08. The predicted octanol–water partition coefficient (Wildman–Crippen LogP) is 2.40. The van der Waals surface area contributed by atoms with E-state index in [2.05, 4.69) is 29.8 Å². The van der Waals surface area contributed by atoms with Crippen molar-refractivity contribution in [3.05, 3.63) is 22.4 Å². The lowest BCUT2D eigenvalue weighted by molar-refractivity contribution is -0.375. The van der Waals surface area contributed by atoms with Gasteiger partial charge < -0.3 is 4.90 Å². The van der Waals surface area contributed by atoms with Gasteiger partial charge in [-0.15, -0.1) is 0 Å². The molecule has 0 bridgehead atoms. The van der Waals surface area contributed by atoms with Crippen molar-refractivity contribution >= 4 is 11.7 Å². The summed E-state index contributed by atoms with van der Waals surface area (Å²) in [4.78, 5) is 19.9. The summed E-state index contributed by atoms with van der Waals surface area (Å²) in [5.41, 5.74) is 4.62. The summed E-state index contributed by atoms with van der Waals surface area (Å²) in [5, 5.41) is 9.77. The third kappa shape index (κ3) is 3.63. The van der Waals surface area contributed by atoms with E-state index in [-0.39, 0.29) is 5.91 Å². The molecule has 1 aromatic rings. The van der Waals surface area contributed by atoms with E-state index < -0.39 is 0 Å². The van der Waals surface area contributed by atoms with Crippen LogP contribution in [0, 0.1) is 18.3 Å². The third-order valence-electron chi connectivity index (χ3n) is 5.57. The van der Waals surface area contributed by atoms with Gasteiger partial charge in [-0.2, -0.15) is 5.26 Å². The van der Waals surface area contributed by atoms with Crippen molar-refractivity contribution in [2.75, 3.05) is 31.1 Å². The Balaban J connectivity index is 1.77. The Morgan fingerprint density at radius 1 is 1.16 bits per heavy atom. The summed E-state index contributed by atoms with van der Waals surface area (Å²) in [7, 11) is 0. The summed E-state index contributed by atoms with van der Waals surface area (Å²) in [6, 6.07) is 2.46. The SMILES string of the molecule is CCCCC(=O)N1CCN(c2[nH+]c(C)c3c(c2C#N)CCCC3)CC1. The lowest BCUT2D eigenvalue weighted by Crippen LogP contribution is -2.50. The highest BCUT2D eigenvalue weighted by molar-refractivity contribution is 5.76. The fourth-order valence-electron chi connectivity index (χ4n) is 4.08. The summed E-state index contributed by atoms with van der Waals surface area (Å²) in [5.74, 6) is 1.23. The number of nitrogens with one attached hydrogen (secondary N) is 1. The number of aromatic amines is 1. The number of unbranched alkanes of at least 4 members (excludes halogenated alkanes) is 1. The maximum atomic E-state index is 12.2. The van der Waals surface area contributed by atoms with E-state index in [0.717, 1.165) is 63.2 Å². The van der Waals surface area contributed by atoms with Crippen LogP contribution in [0.2, 0.25) is 0 Å². The fraction of sp³-hybridized carbons (Fsp3) is 0.650. The Hall–Kier alpha value is -2.09. The molecule has 1 aliphatic heterocycles. The van der Waals surface area contributed by atoms with Gasteiger partial charge in [-0.05, 0) is 50.2 Å². The Kier molecular flexibility index (Phi) is 5.57. The number of aromatic nitrogens is 1. The number of nitriles is 1. The molecule has 1 aromatic heterocycles. The second-order valence-electron chi connectivity index (χ2n) is 7.22. The number of rotatable bonds is 4. The zero-order valence-electron chi connectivity index (χ0n) is 15.5. The number of hydrogen-bond donors (Lipinski definition) is 0. The molecule has 3 rings (SSSR count). The number of nitrogens with zero attached hydrogens (tertiary/aromatic N) is 3. The number of amides is 1. The molecule has 5 heteroatoms. The largest absolute Gasteiger partial charge is 0.335 e. The van der Waals surface area contributed by atoms with E-state index in [0.29, 0.717) is 6.42 Å². The van der Waals surface area contributed by atoms with Crippen LogP contribution in [0.25, 0.3) is 0 Å². The van der Waals surface area contributed by atoms with Gasteiger partial charge in [0.1, 0.15) is 30.4 Å². The number of H-pyrrole nitrogens is 1. The predicted molar refractivity (Wildman–Crippen MR) is 97.4 cm³/mol. The zero-order chi connectivity index (χ0) is 17.8. The molecule has 25 heavy (non-hydrogen) atoms. The van der Waals surface area contributed by atoms with Crippen LogP contribution in [0.3, 0.4) is 0 Å². The molecule has 1 aliphatic carbocycles. The first kappa shape index (κ1) is 17.7. The molecule has 0 saturated carbocycles. The second kappa shape index (κ2) is 7.86. The van der Waals surface area contributed by atoms with Crippen LogP contribution < -0.4 is 9.88 Å². The van der Waals surface area contributed by atoms with E-state index in [4.69, 9.17) is 0 Å². The molecule has 134 valence electrons. The van der Waals surface area contributed by atoms with Gasteiger partial charge in [0, 0.05) is 6.42 Å². The van der Waals surface area contributed by atoms with E-state index in [9.17, 15) is 10.1 Å². The highest BCUT2D eigenvalue weighted by Crippen LogP contribution is 2.30. The van der Waals surface area contributed by atoms with Crippen LogP contribution in [0.1, 0.15) is 61.4 Å². The molecule has 0 atom stereocenters. The van der Waals surface area contributed by atoms with Crippen LogP contribution in [0.5, 0.6) is 0 Å². The van der Waals surface area contributed by atoms with Gasteiger partial charge in [0.05, 0.1) is 13.1 Å². The van der Waals surface area contributed by atoms with E-state index >= 15 is 0 Å². The molecular formula is C20H29N4O+. The number of hydrogen-bond acceptors (Lipinski definition) is 3. The average molecular weight is 341 g/mol. The molecule has 0 aromatic carbocycles. The molecule has 1 N–H and O–H groups in total. The van der Waals surface area contributed by atoms with Crippen molar-refractivity contribution in [1.82, 2.24) is 4.90 Å². The molecule has 0 unspecified atom stereocenters. The lowest BCUT2D eigenvalue weighted by Gasteiger charge is -2.32. The summed E-state index contributed by atoms with van der Waals surface area (Å²) >= 11 is 0. The molecular weight excluding hydrogens is 312 g/mol. The monoisotopic (exact) mass is 341 g/mol. The third-order valence-corrected chi connectivity index (χ3v) is 5.57. The number of anilines is 1. The second-order valence-corrected chi connectivity index (χ2v) is 7.22. The zero-order valence-corrected chi connectivity index (χ0v) is 15.5. The molecule has 2 heterocycles. The number of carbonyl (C=O) groups excluding carboxylic acids is 1. The van der Waals surface area contributed by atoms with Crippen molar-refractivity contribution in [2.45, 2.75) is 58.8 Å². The minimum absolute atomic E-state index is 0.271. The van der Waals surface area contributed by atoms with Crippen molar-refractivity contribution in [1.29, 1.82) is 5.26 Å². The smallest absolute Gasteiger partial charge is 0.293 e. The molecule has 1 fully saturated rings. The molecule has 2 aliphatic rings. The Bertz CT molecular complexity index is 684. The van der Waals surface area contributed by atoms with Gasteiger partial charge in [0.15, 0.2) is 0 Å². The molecule has 0 radical (unpaired) electrons. The number of fused-ring (bicyclic) bond motifs is 1. The van der Waals surface area contributed by atoms with Crippen LogP contribution in [0.15, 0.2) is 0 Å². The number of pyridine rings is 1. The first-order valence-corrected chi connectivity index (χ1v) is 9.66. The summed E-state index contributed by atoms with van der Waals surface area (Å²) in [6.07, 6.45) is 7.15. The van der Waals surface area contributed by atoms with Gasteiger partial charge in [0.2, 0.25) is 5.91 Å². The Morgan fingerprint density at radius 2 is 1.84 bits per heavy atom. The summed E-state index contributed by atoms with van der Waals surface area (Å²) < 4.78 is 0. The van der Waals surface area contributed by atoms with Crippen molar-refractivity contribution in [3.63, 3.8) is 0 Å². The molecule has 5 nitrogen and oxygen atoms in total. The Morgan fingerprint density at radius 3 is 2.48 bits per heavy atom. The maximum Gasteiger partial charge on any atom is 0.293 e. The minimum atomic E-state index is 0.271. The van der Waals surface area contributed by atoms with Gasteiger partial charge in [-0.25, -0.2) is 4.98 Å². The topological polar surface area (TPSA) is 61.5 Å². The first-order chi connectivity index (χ1) is 12.2. The standard InChI is InChI=1S/C20H28N4O/c1-3-4-9-19(25)23-10-12-24(13-11-23)20-18(14-21)17-8-6-5-7-16(17)15(2)22-20/h3-13H2,1-2H3/p+1.